The van der Waals surface area contributed by atoms with Crippen LogP contribution in [0.4, 0.5) is 11.8 Å². The summed E-state index contributed by atoms with van der Waals surface area (Å²) in [5.41, 5.74) is 7.94. The highest BCUT2D eigenvalue weighted by molar-refractivity contribution is 5.91. The van der Waals surface area contributed by atoms with Gasteiger partial charge in [-0.3, -0.25) is 0 Å². The van der Waals surface area contributed by atoms with Crippen molar-refractivity contribution >= 4 is 22.7 Å². The number of fused-ring (bicyclic) bond motifs is 1. The van der Waals surface area contributed by atoms with E-state index in [1.807, 2.05) is 36.2 Å². The Morgan fingerprint density at radius 2 is 1.69 bits per heavy atom. The van der Waals surface area contributed by atoms with Crippen LogP contribution in [0.25, 0.3) is 10.9 Å². The fourth-order valence-corrected chi connectivity index (χ4v) is 2.75. The molecule has 0 spiro atoms. The number of nitrogen functional groups attached to an aromatic ring is 1. The minimum absolute atomic E-state index is 0.392. The van der Waals surface area contributed by atoms with Gasteiger partial charge in [0.2, 0.25) is 5.95 Å². The number of hydrogen-bond donors (Lipinski definition) is 1. The summed E-state index contributed by atoms with van der Waals surface area (Å²) in [5, 5.41) is 0.723. The van der Waals surface area contributed by atoms with Crippen molar-refractivity contribution in [3.8, 4) is 17.2 Å². The van der Waals surface area contributed by atoms with E-state index in [-0.39, 0.29) is 0 Å². The van der Waals surface area contributed by atoms with Gasteiger partial charge in [-0.2, -0.15) is 4.98 Å². The molecule has 0 radical (unpaired) electrons. The van der Waals surface area contributed by atoms with Gasteiger partial charge >= 0.3 is 0 Å². The number of hydrogen-bond acceptors (Lipinski definition) is 7. The molecular weight excluding hydrogens is 332 g/mol. The Morgan fingerprint density at radius 1 is 0.962 bits per heavy atom. The molecule has 7 nitrogen and oxygen atoms in total. The van der Waals surface area contributed by atoms with Crippen LogP contribution in [0.15, 0.2) is 36.4 Å². The van der Waals surface area contributed by atoms with Crippen LogP contribution in [0.5, 0.6) is 17.2 Å². The van der Waals surface area contributed by atoms with Gasteiger partial charge in [-0.25, -0.2) is 4.98 Å². The van der Waals surface area contributed by atoms with Gasteiger partial charge in [0, 0.05) is 25.0 Å². The van der Waals surface area contributed by atoms with Crippen molar-refractivity contribution in [1.82, 2.24) is 9.97 Å². The average Bonchev–Trinajstić information content (AvgIpc) is 2.66. The van der Waals surface area contributed by atoms with Crippen molar-refractivity contribution in [2.24, 2.45) is 0 Å². The molecule has 1 aromatic heterocycles. The molecule has 26 heavy (non-hydrogen) atoms. The first kappa shape index (κ1) is 17.6. The fraction of sp³-hybridized carbons (Fsp3) is 0.263. The zero-order chi connectivity index (χ0) is 18.7. The molecule has 0 atom stereocenters. The van der Waals surface area contributed by atoms with Crippen molar-refractivity contribution < 1.29 is 14.2 Å². The van der Waals surface area contributed by atoms with Crippen molar-refractivity contribution in [3.63, 3.8) is 0 Å². The Kier molecular flexibility index (Phi) is 4.97. The van der Waals surface area contributed by atoms with Gasteiger partial charge in [0.05, 0.1) is 26.8 Å². The summed E-state index contributed by atoms with van der Waals surface area (Å²) < 4.78 is 15.9. The Labute approximate surface area is 152 Å². The van der Waals surface area contributed by atoms with Gasteiger partial charge in [0.25, 0.3) is 0 Å². The van der Waals surface area contributed by atoms with E-state index in [9.17, 15) is 0 Å². The van der Waals surface area contributed by atoms with E-state index < -0.39 is 0 Å². The fourth-order valence-electron chi connectivity index (χ4n) is 2.75. The van der Waals surface area contributed by atoms with Crippen LogP contribution >= 0.6 is 0 Å². The molecule has 2 N–H and O–H groups in total. The predicted molar refractivity (Wildman–Crippen MR) is 102 cm³/mol. The van der Waals surface area contributed by atoms with E-state index in [0.717, 1.165) is 16.7 Å². The highest BCUT2D eigenvalue weighted by Gasteiger charge is 2.14. The topological polar surface area (TPSA) is 82.7 Å². The highest BCUT2D eigenvalue weighted by Crippen LogP contribution is 2.34. The number of nitrogens with zero attached hydrogens (tertiary/aromatic N) is 3. The molecule has 0 fully saturated rings. The lowest BCUT2D eigenvalue weighted by Crippen LogP contribution is -2.19. The lowest BCUT2D eigenvalue weighted by molar-refractivity contribution is 0.356. The largest absolute Gasteiger partial charge is 0.497 e. The minimum Gasteiger partial charge on any atom is -0.497 e. The van der Waals surface area contributed by atoms with Crippen LogP contribution in [0, 0.1) is 0 Å². The summed E-state index contributed by atoms with van der Waals surface area (Å²) in [6, 6.07) is 11.5. The van der Waals surface area contributed by atoms with Crippen LogP contribution in [-0.2, 0) is 6.54 Å². The second kappa shape index (κ2) is 7.35. The Hall–Kier alpha value is -3.22. The molecule has 3 rings (SSSR count). The van der Waals surface area contributed by atoms with E-state index >= 15 is 0 Å². The molecule has 0 amide bonds. The monoisotopic (exact) mass is 354 g/mol. The van der Waals surface area contributed by atoms with Gasteiger partial charge in [0.1, 0.15) is 11.6 Å². The predicted octanol–water partition coefficient (Wildman–Crippen LogP) is 2.87. The molecule has 0 unspecified atom stereocenters. The molecule has 0 bridgehead atoms. The third kappa shape index (κ3) is 3.42. The van der Waals surface area contributed by atoms with Gasteiger partial charge in [-0.05, 0) is 23.8 Å². The first-order chi connectivity index (χ1) is 12.5. The molecule has 0 aliphatic heterocycles. The zero-order valence-electron chi connectivity index (χ0n) is 15.3. The Balaban J connectivity index is 1.96. The van der Waals surface area contributed by atoms with Crippen LogP contribution in [0.2, 0.25) is 0 Å². The summed E-state index contributed by atoms with van der Waals surface area (Å²) in [4.78, 5) is 11.0. The number of nitrogens with two attached hydrogens (primary N) is 1. The van der Waals surface area contributed by atoms with E-state index in [2.05, 4.69) is 9.97 Å². The molecular formula is C19H22N4O3. The van der Waals surface area contributed by atoms with Gasteiger partial charge in [-0.1, -0.05) is 12.1 Å². The summed E-state index contributed by atoms with van der Waals surface area (Å²) in [6.07, 6.45) is 0. The Morgan fingerprint density at radius 3 is 2.38 bits per heavy atom. The maximum atomic E-state index is 6.15. The second-order valence-corrected chi connectivity index (χ2v) is 5.84. The van der Waals surface area contributed by atoms with E-state index in [1.165, 1.54) is 0 Å². The van der Waals surface area contributed by atoms with Crippen LogP contribution in [-0.4, -0.2) is 38.3 Å². The molecule has 2 aromatic carbocycles. The number of anilines is 2. The standard InChI is InChI=1S/C19H22N4O3/c1-23(11-12-6-5-7-13(8-12)24-2)19-21-15-10-17(26-4)16(25-3)9-14(15)18(20)22-19/h5-10H,11H2,1-4H3,(H2,20,21,22). The molecule has 0 aliphatic carbocycles. The average molecular weight is 354 g/mol. The van der Waals surface area contributed by atoms with Crippen LogP contribution < -0.4 is 24.8 Å². The number of methoxy groups -OCH3 is 3. The maximum absolute atomic E-state index is 6.15. The lowest BCUT2D eigenvalue weighted by atomic mass is 10.2. The molecule has 136 valence electrons. The van der Waals surface area contributed by atoms with Crippen molar-refractivity contribution in [2.75, 3.05) is 39.0 Å². The summed E-state index contributed by atoms with van der Waals surface area (Å²) in [6.45, 7) is 0.620. The van der Waals surface area contributed by atoms with Gasteiger partial charge in [0.15, 0.2) is 11.5 Å². The maximum Gasteiger partial charge on any atom is 0.227 e. The van der Waals surface area contributed by atoms with E-state index in [1.54, 1.807) is 33.5 Å². The smallest absolute Gasteiger partial charge is 0.227 e. The molecule has 0 saturated carbocycles. The van der Waals surface area contributed by atoms with Crippen molar-refractivity contribution in [3.05, 3.63) is 42.0 Å². The van der Waals surface area contributed by atoms with Gasteiger partial charge < -0.3 is 24.8 Å². The van der Waals surface area contributed by atoms with Crippen molar-refractivity contribution in [1.29, 1.82) is 0 Å². The number of rotatable bonds is 6. The quantitative estimate of drug-likeness (QED) is 0.729. The molecule has 1 heterocycles. The number of ether oxygens (including phenoxy) is 3. The normalized spacial score (nSPS) is 10.6. The second-order valence-electron chi connectivity index (χ2n) is 5.84. The number of aromatic nitrogens is 2. The summed E-state index contributed by atoms with van der Waals surface area (Å²) in [5.74, 6) is 2.92. The van der Waals surface area contributed by atoms with Crippen molar-refractivity contribution in [2.45, 2.75) is 6.54 Å². The molecule has 0 aliphatic rings. The first-order valence-electron chi connectivity index (χ1n) is 8.09. The minimum atomic E-state index is 0.392. The van der Waals surface area contributed by atoms with E-state index in [4.69, 9.17) is 19.9 Å². The Bertz CT molecular complexity index is 930. The summed E-state index contributed by atoms with van der Waals surface area (Å²) in [7, 11) is 6.74. The third-order valence-corrected chi connectivity index (χ3v) is 4.11. The van der Waals surface area contributed by atoms with Crippen LogP contribution in [0.1, 0.15) is 5.56 Å². The lowest BCUT2D eigenvalue weighted by Gasteiger charge is -2.19. The highest BCUT2D eigenvalue weighted by atomic mass is 16.5. The number of benzene rings is 2. The molecule has 0 saturated heterocycles. The first-order valence-corrected chi connectivity index (χ1v) is 8.09. The van der Waals surface area contributed by atoms with E-state index in [0.29, 0.717) is 35.3 Å². The van der Waals surface area contributed by atoms with Gasteiger partial charge in [-0.15, -0.1) is 0 Å². The zero-order valence-corrected chi connectivity index (χ0v) is 15.3. The molecule has 3 aromatic rings. The SMILES string of the molecule is COc1cccc(CN(C)c2nc(N)c3cc(OC)c(OC)cc3n2)c1. The summed E-state index contributed by atoms with van der Waals surface area (Å²) >= 11 is 0. The van der Waals surface area contributed by atoms with Crippen LogP contribution in [0.3, 0.4) is 0 Å². The third-order valence-electron chi connectivity index (χ3n) is 4.11. The molecule has 7 heteroatoms.